The molecule has 38 heavy (non-hydrogen) atoms. The van der Waals surface area contributed by atoms with Gasteiger partial charge in [0.15, 0.2) is 5.78 Å². The third-order valence-electron chi connectivity index (χ3n) is 7.04. The van der Waals surface area contributed by atoms with Crippen molar-refractivity contribution in [1.29, 1.82) is 0 Å². The molecule has 4 rings (SSSR count). The molecule has 0 aliphatic carbocycles. The second-order valence-corrected chi connectivity index (χ2v) is 10.5. The van der Waals surface area contributed by atoms with Gasteiger partial charge >= 0.3 is 0 Å². The molecule has 0 unspecified atom stereocenters. The lowest BCUT2D eigenvalue weighted by Crippen LogP contribution is -2.37. The molecule has 2 saturated heterocycles. The van der Waals surface area contributed by atoms with Gasteiger partial charge in [0.25, 0.3) is 0 Å². The van der Waals surface area contributed by atoms with Crippen molar-refractivity contribution in [3.8, 4) is 0 Å². The van der Waals surface area contributed by atoms with Crippen LogP contribution in [0.2, 0.25) is 0 Å². The highest BCUT2D eigenvalue weighted by atomic mass is 16.5. The van der Waals surface area contributed by atoms with E-state index < -0.39 is 0 Å². The SMILES string of the molecule is COC1CCN(c2nccc(Nc3cc(NC(C)C)c(CC(=O)COCCN4CCCCC4)cn3)n2)CC1. The van der Waals surface area contributed by atoms with E-state index in [1.54, 1.807) is 19.5 Å². The van der Waals surface area contributed by atoms with Crippen LogP contribution >= 0.6 is 0 Å². The summed E-state index contributed by atoms with van der Waals surface area (Å²) in [5, 5.41) is 6.76. The number of hydrogen-bond acceptors (Lipinski definition) is 10. The van der Waals surface area contributed by atoms with Crippen LogP contribution in [-0.4, -0.2) is 90.8 Å². The van der Waals surface area contributed by atoms with Gasteiger partial charge in [0.1, 0.15) is 18.2 Å². The monoisotopic (exact) mass is 525 g/mol. The van der Waals surface area contributed by atoms with Crippen molar-refractivity contribution < 1.29 is 14.3 Å². The van der Waals surface area contributed by atoms with E-state index in [0.29, 0.717) is 30.3 Å². The van der Waals surface area contributed by atoms with Crippen LogP contribution in [0.3, 0.4) is 0 Å². The molecule has 2 fully saturated rings. The van der Waals surface area contributed by atoms with Crippen LogP contribution in [0.1, 0.15) is 51.5 Å². The maximum atomic E-state index is 12.7. The number of methoxy groups -OCH3 is 1. The Morgan fingerprint density at radius 2 is 1.89 bits per heavy atom. The number of nitrogens with zero attached hydrogens (tertiary/aromatic N) is 5. The van der Waals surface area contributed by atoms with Gasteiger partial charge in [-0.1, -0.05) is 6.42 Å². The van der Waals surface area contributed by atoms with E-state index >= 15 is 0 Å². The van der Waals surface area contributed by atoms with Crippen molar-refractivity contribution in [2.45, 2.75) is 64.5 Å². The first-order valence-corrected chi connectivity index (χ1v) is 13.9. The molecular formula is C28H43N7O3. The highest BCUT2D eigenvalue weighted by molar-refractivity contribution is 5.84. The Morgan fingerprint density at radius 1 is 1.11 bits per heavy atom. The minimum absolute atomic E-state index is 0.0515. The van der Waals surface area contributed by atoms with Gasteiger partial charge < -0.3 is 29.9 Å². The summed E-state index contributed by atoms with van der Waals surface area (Å²) in [7, 11) is 1.77. The lowest BCUT2D eigenvalue weighted by molar-refractivity contribution is -0.123. The van der Waals surface area contributed by atoms with Gasteiger partial charge in [-0.05, 0) is 58.7 Å². The normalized spacial score (nSPS) is 17.1. The Morgan fingerprint density at radius 3 is 2.63 bits per heavy atom. The summed E-state index contributed by atoms with van der Waals surface area (Å²) in [6.07, 6.45) is 9.87. The van der Waals surface area contributed by atoms with Crippen LogP contribution in [0.5, 0.6) is 0 Å². The number of aromatic nitrogens is 3. The Bertz CT molecular complexity index is 1020. The zero-order chi connectivity index (χ0) is 26.7. The summed E-state index contributed by atoms with van der Waals surface area (Å²) in [5.41, 5.74) is 1.74. The summed E-state index contributed by atoms with van der Waals surface area (Å²) >= 11 is 0. The number of piperidine rings is 2. The number of carbonyl (C=O) groups excluding carboxylic acids is 1. The summed E-state index contributed by atoms with van der Waals surface area (Å²) in [6, 6.07) is 3.98. The molecule has 2 N–H and O–H groups in total. The Hall–Kier alpha value is -2.82. The number of pyridine rings is 1. The highest BCUT2D eigenvalue weighted by Crippen LogP contribution is 2.24. The molecule has 2 aromatic heterocycles. The van der Waals surface area contributed by atoms with Crippen molar-refractivity contribution in [3.05, 3.63) is 30.1 Å². The molecule has 0 radical (unpaired) electrons. The molecular weight excluding hydrogens is 482 g/mol. The van der Waals surface area contributed by atoms with E-state index in [0.717, 1.165) is 56.8 Å². The van der Waals surface area contributed by atoms with Crippen LogP contribution in [0, 0.1) is 0 Å². The molecule has 0 saturated carbocycles. The van der Waals surface area contributed by atoms with Gasteiger partial charge in [-0.25, -0.2) is 9.97 Å². The number of anilines is 4. The van der Waals surface area contributed by atoms with E-state index in [4.69, 9.17) is 14.5 Å². The number of Topliss-reactive ketones (excluding diaryl/α,β-unsaturated/α-hetero) is 1. The van der Waals surface area contributed by atoms with Gasteiger partial charge in [-0.3, -0.25) is 4.79 Å². The minimum atomic E-state index is 0.0515. The fourth-order valence-corrected chi connectivity index (χ4v) is 4.96. The lowest BCUT2D eigenvalue weighted by Gasteiger charge is -2.31. The van der Waals surface area contributed by atoms with Crippen LogP contribution in [0.25, 0.3) is 0 Å². The predicted octanol–water partition coefficient (Wildman–Crippen LogP) is 3.66. The molecule has 4 heterocycles. The van der Waals surface area contributed by atoms with E-state index in [1.165, 1.54) is 19.3 Å². The second kappa shape index (κ2) is 14.4. The van der Waals surface area contributed by atoms with Gasteiger partial charge in [0.2, 0.25) is 5.95 Å². The Kier molecular flexibility index (Phi) is 10.7. The summed E-state index contributed by atoms with van der Waals surface area (Å²) in [5.74, 6) is 2.09. The maximum absolute atomic E-state index is 12.7. The molecule has 0 spiro atoms. The average molecular weight is 526 g/mol. The fraction of sp³-hybridized carbons (Fsp3) is 0.643. The average Bonchev–Trinajstić information content (AvgIpc) is 2.93. The molecule has 2 aromatic rings. The number of hydrogen-bond donors (Lipinski definition) is 2. The molecule has 0 aromatic carbocycles. The molecule has 10 nitrogen and oxygen atoms in total. The molecule has 2 aliphatic rings. The van der Waals surface area contributed by atoms with E-state index in [2.05, 4.69) is 44.2 Å². The fourth-order valence-electron chi connectivity index (χ4n) is 4.96. The van der Waals surface area contributed by atoms with E-state index in [9.17, 15) is 4.79 Å². The van der Waals surface area contributed by atoms with Gasteiger partial charge in [-0.15, -0.1) is 0 Å². The van der Waals surface area contributed by atoms with Crippen LogP contribution in [-0.2, 0) is 20.7 Å². The molecule has 2 aliphatic heterocycles. The first-order chi connectivity index (χ1) is 18.5. The van der Waals surface area contributed by atoms with Gasteiger partial charge in [-0.2, -0.15) is 4.98 Å². The molecule has 10 heteroatoms. The number of carbonyl (C=O) groups is 1. The largest absolute Gasteiger partial charge is 0.382 e. The topological polar surface area (TPSA) is 105 Å². The van der Waals surface area contributed by atoms with Crippen LogP contribution in [0.15, 0.2) is 24.5 Å². The van der Waals surface area contributed by atoms with Crippen molar-refractivity contribution in [2.75, 3.05) is 68.6 Å². The van der Waals surface area contributed by atoms with E-state index in [1.807, 2.05) is 12.1 Å². The second-order valence-electron chi connectivity index (χ2n) is 10.5. The first-order valence-electron chi connectivity index (χ1n) is 13.9. The lowest BCUT2D eigenvalue weighted by atomic mass is 10.1. The van der Waals surface area contributed by atoms with Crippen molar-refractivity contribution >= 4 is 29.1 Å². The number of rotatable bonds is 13. The zero-order valence-electron chi connectivity index (χ0n) is 23.1. The maximum Gasteiger partial charge on any atom is 0.227 e. The quantitative estimate of drug-likeness (QED) is 0.376. The minimum Gasteiger partial charge on any atom is -0.382 e. The summed E-state index contributed by atoms with van der Waals surface area (Å²) in [4.78, 5) is 31.0. The third-order valence-corrected chi connectivity index (χ3v) is 7.04. The van der Waals surface area contributed by atoms with Crippen LogP contribution in [0.4, 0.5) is 23.3 Å². The smallest absolute Gasteiger partial charge is 0.227 e. The molecule has 0 bridgehead atoms. The zero-order valence-corrected chi connectivity index (χ0v) is 23.1. The first kappa shape index (κ1) is 28.2. The molecule has 208 valence electrons. The predicted molar refractivity (Wildman–Crippen MR) is 150 cm³/mol. The number of likely N-dealkylation sites (tertiary alicyclic amines) is 1. The van der Waals surface area contributed by atoms with Crippen LogP contribution < -0.4 is 15.5 Å². The van der Waals surface area contributed by atoms with Gasteiger partial charge in [0.05, 0.1) is 12.7 Å². The summed E-state index contributed by atoms with van der Waals surface area (Å²) < 4.78 is 11.2. The number of nitrogens with one attached hydrogen (secondary N) is 2. The summed E-state index contributed by atoms with van der Waals surface area (Å²) in [6.45, 7) is 9.77. The number of ketones is 1. The highest BCUT2D eigenvalue weighted by Gasteiger charge is 2.21. The Labute approximate surface area is 226 Å². The standard InChI is InChI=1S/C28H43N7O3/c1-21(2)31-25-18-27(32-26-7-10-29-28(33-26)35-13-8-24(37-3)9-14-35)30-19-22(25)17-23(36)20-38-16-15-34-11-5-4-6-12-34/h7,10,18-19,21,24H,4-6,8-9,11-17,20H2,1-3H3,(H2,29,30,31,32,33). The van der Waals surface area contributed by atoms with Gasteiger partial charge in [0, 0.05) is 68.9 Å². The third kappa shape index (κ3) is 8.61. The number of ether oxygens (including phenoxy) is 2. The van der Waals surface area contributed by atoms with Crippen molar-refractivity contribution in [2.24, 2.45) is 0 Å². The van der Waals surface area contributed by atoms with E-state index in [-0.39, 0.29) is 24.9 Å². The Balaban J connectivity index is 1.33. The van der Waals surface area contributed by atoms with Crippen molar-refractivity contribution in [1.82, 2.24) is 19.9 Å². The molecule has 0 amide bonds. The molecule has 0 atom stereocenters. The van der Waals surface area contributed by atoms with Crippen molar-refractivity contribution in [3.63, 3.8) is 0 Å².